The quantitative estimate of drug-likeness (QED) is 0.835. The van der Waals surface area contributed by atoms with Crippen LogP contribution in [0.3, 0.4) is 0 Å². The van der Waals surface area contributed by atoms with Gasteiger partial charge in [-0.3, -0.25) is 4.79 Å². The van der Waals surface area contributed by atoms with Crippen molar-refractivity contribution in [1.29, 1.82) is 0 Å². The van der Waals surface area contributed by atoms with Gasteiger partial charge in [-0.05, 0) is 6.07 Å². The van der Waals surface area contributed by atoms with Crippen molar-refractivity contribution in [2.45, 2.75) is 27.2 Å². The Hall–Kier alpha value is -2.57. The van der Waals surface area contributed by atoms with E-state index in [-0.39, 0.29) is 5.91 Å². The fraction of sp³-hybridized carbons (Fsp3) is 0.526. The number of nitrogens with zero attached hydrogens (tertiary/aromatic N) is 4. The van der Waals surface area contributed by atoms with E-state index in [4.69, 9.17) is 9.47 Å². The molecule has 26 heavy (non-hydrogen) atoms. The van der Waals surface area contributed by atoms with E-state index in [9.17, 15) is 4.79 Å². The molecule has 0 saturated carbocycles. The Morgan fingerprint density at radius 2 is 1.65 bits per heavy atom. The van der Waals surface area contributed by atoms with E-state index in [0.29, 0.717) is 31.0 Å². The van der Waals surface area contributed by atoms with E-state index >= 15 is 0 Å². The lowest BCUT2D eigenvalue weighted by molar-refractivity contribution is -0.131. The standard InChI is InChI=1S/C17H22N4O3.C2H6/c1-4-16(22)20-5-7-21(8-6-20)17-12-9-14(23-2)15(24-3)10-13(12)18-11-19-17;1-2/h9-11H,4-8H2,1-3H3;1-2H3. The predicted molar refractivity (Wildman–Crippen MR) is 103 cm³/mol. The summed E-state index contributed by atoms with van der Waals surface area (Å²) in [6.45, 7) is 8.83. The summed E-state index contributed by atoms with van der Waals surface area (Å²) in [5.74, 6) is 2.37. The fourth-order valence-electron chi connectivity index (χ4n) is 3.01. The Bertz CT molecular complexity index is 743. The Balaban J connectivity index is 0.00000117. The van der Waals surface area contributed by atoms with Gasteiger partial charge in [-0.1, -0.05) is 20.8 Å². The highest BCUT2D eigenvalue weighted by Gasteiger charge is 2.22. The zero-order chi connectivity index (χ0) is 19.1. The molecule has 0 atom stereocenters. The Morgan fingerprint density at radius 1 is 1.04 bits per heavy atom. The summed E-state index contributed by atoms with van der Waals surface area (Å²) in [7, 11) is 3.22. The topological polar surface area (TPSA) is 67.8 Å². The van der Waals surface area contributed by atoms with Crippen molar-refractivity contribution < 1.29 is 14.3 Å². The summed E-state index contributed by atoms with van der Waals surface area (Å²) >= 11 is 0. The number of amides is 1. The Labute approximate surface area is 154 Å². The molecule has 7 heteroatoms. The lowest BCUT2D eigenvalue weighted by Gasteiger charge is -2.35. The maximum Gasteiger partial charge on any atom is 0.222 e. The molecule has 1 amide bonds. The number of hydrogen-bond donors (Lipinski definition) is 0. The molecule has 0 unspecified atom stereocenters. The van der Waals surface area contributed by atoms with Crippen LogP contribution in [0.25, 0.3) is 10.9 Å². The molecular weight excluding hydrogens is 332 g/mol. The summed E-state index contributed by atoms with van der Waals surface area (Å²) < 4.78 is 10.7. The number of methoxy groups -OCH3 is 2. The van der Waals surface area contributed by atoms with Crippen LogP contribution in [0.1, 0.15) is 27.2 Å². The number of benzene rings is 1. The van der Waals surface area contributed by atoms with Crippen LogP contribution in [-0.4, -0.2) is 61.2 Å². The normalized spacial score (nSPS) is 13.9. The number of carbonyl (C=O) groups is 1. The van der Waals surface area contributed by atoms with Crippen molar-refractivity contribution in [3.63, 3.8) is 0 Å². The van der Waals surface area contributed by atoms with Crippen LogP contribution in [0.5, 0.6) is 11.5 Å². The molecule has 1 aromatic heterocycles. The SMILES string of the molecule is CC.CCC(=O)N1CCN(c2ncnc3cc(OC)c(OC)cc23)CC1. The lowest BCUT2D eigenvalue weighted by Crippen LogP contribution is -2.48. The van der Waals surface area contributed by atoms with Gasteiger partial charge in [0.25, 0.3) is 0 Å². The van der Waals surface area contributed by atoms with Crippen molar-refractivity contribution in [2.24, 2.45) is 0 Å². The molecule has 1 aliphatic rings. The summed E-state index contributed by atoms with van der Waals surface area (Å²) in [4.78, 5) is 24.7. The second-order valence-corrected chi connectivity index (χ2v) is 5.64. The molecular formula is C19H28N4O3. The van der Waals surface area contributed by atoms with Crippen molar-refractivity contribution in [3.05, 3.63) is 18.5 Å². The van der Waals surface area contributed by atoms with Crippen molar-refractivity contribution >= 4 is 22.6 Å². The van der Waals surface area contributed by atoms with Crippen molar-refractivity contribution in [1.82, 2.24) is 14.9 Å². The molecule has 0 N–H and O–H groups in total. The number of hydrogen-bond acceptors (Lipinski definition) is 6. The van der Waals surface area contributed by atoms with Crippen LogP contribution in [0.4, 0.5) is 5.82 Å². The number of piperazine rings is 1. The minimum Gasteiger partial charge on any atom is -0.493 e. The molecule has 0 spiro atoms. The van der Waals surface area contributed by atoms with Crippen molar-refractivity contribution in [3.8, 4) is 11.5 Å². The fourth-order valence-corrected chi connectivity index (χ4v) is 3.01. The first-order valence-corrected chi connectivity index (χ1v) is 9.07. The third kappa shape index (κ3) is 3.98. The molecule has 7 nitrogen and oxygen atoms in total. The maximum absolute atomic E-state index is 11.8. The van der Waals surface area contributed by atoms with E-state index in [1.54, 1.807) is 20.5 Å². The van der Waals surface area contributed by atoms with Crippen LogP contribution < -0.4 is 14.4 Å². The molecule has 1 fully saturated rings. The number of anilines is 1. The lowest BCUT2D eigenvalue weighted by atomic mass is 10.2. The molecule has 0 bridgehead atoms. The molecule has 0 radical (unpaired) electrons. The number of fused-ring (bicyclic) bond motifs is 1. The van der Waals surface area contributed by atoms with E-state index in [1.165, 1.54) is 0 Å². The van der Waals surface area contributed by atoms with E-state index in [2.05, 4.69) is 14.9 Å². The predicted octanol–water partition coefficient (Wildman–Crippen LogP) is 2.73. The van der Waals surface area contributed by atoms with Gasteiger partial charge >= 0.3 is 0 Å². The van der Waals surface area contributed by atoms with Gasteiger partial charge in [-0.2, -0.15) is 0 Å². The molecule has 142 valence electrons. The first-order valence-electron chi connectivity index (χ1n) is 9.07. The minimum absolute atomic E-state index is 0.202. The maximum atomic E-state index is 11.8. The van der Waals surface area contributed by atoms with E-state index in [1.807, 2.05) is 37.8 Å². The summed E-state index contributed by atoms with van der Waals surface area (Å²) in [6, 6.07) is 3.77. The van der Waals surface area contributed by atoms with Gasteiger partial charge in [0, 0.05) is 44.1 Å². The highest BCUT2D eigenvalue weighted by molar-refractivity contribution is 5.92. The highest BCUT2D eigenvalue weighted by atomic mass is 16.5. The van der Waals surface area contributed by atoms with E-state index in [0.717, 1.165) is 29.8 Å². The summed E-state index contributed by atoms with van der Waals surface area (Å²) in [5.41, 5.74) is 0.810. The highest BCUT2D eigenvalue weighted by Crippen LogP contribution is 2.34. The van der Waals surface area contributed by atoms with Gasteiger partial charge in [-0.25, -0.2) is 9.97 Å². The van der Waals surface area contributed by atoms with Gasteiger partial charge in [-0.15, -0.1) is 0 Å². The van der Waals surface area contributed by atoms with Gasteiger partial charge in [0.1, 0.15) is 12.1 Å². The van der Waals surface area contributed by atoms with Crippen LogP contribution in [0, 0.1) is 0 Å². The summed E-state index contributed by atoms with van der Waals surface area (Å²) in [6.07, 6.45) is 2.11. The number of ether oxygens (including phenoxy) is 2. The van der Waals surface area contributed by atoms with Gasteiger partial charge in [0.05, 0.1) is 19.7 Å². The van der Waals surface area contributed by atoms with Crippen LogP contribution in [0.2, 0.25) is 0 Å². The average molecular weight is 360 g/mol. The molecule has 2 heterocycles. The first kappa shape index (κ1) is 19.8. The molecule has 1 aliphatic heterocycles. The molecule has 0 aliphatic carbocycles. The smallest absolute Gasteiger partial charge is 0.222 e. The largest absolute Gasteiger partial charge is 0.493 e. The third-order valence-corrected chi connectivity index (χ3v) is 4.35. The molecule has 3 rings (SSSR count). The van der Waals surface area contributed by atoms with Crippen molar-refractivity contribution in [2.75, 3.05) is 45.3 Å². The minimum atomic E-state index is 0.202. The average Bonchev–Trinajstić information content (AvgIpc) is 2.73. The second-order valence-electron chi connectivity index (χ2n) is 5.64. The Morgan fingerprint density at radius 3 is 2.23 bits per heavy atom. The number of aromatic nitrogens is 2. The second kappa shape index (κ2) is 9.22. The molecule has 1 saturated heterocycles. The third-order valence-electron chi connectivity index (χ3n) is 4.35. The van der Waals surface area contributed by atoms with Crippen LogP contribution >= 0.6 is 0 Å². The first-order chi connectivity index (χ1) is 12.7. The summed E-state index contributed by atoms with van der Waals surface area (Å²) in [5, 5.41) is 0.922. The van der Waals surface area contributed by atoms with Gasteiger partial charge in [0.15, 0.2) is 11.5 Å². The van der Waals surface area contributed by atoms with Gasteiger partial charge in [0.2, 0.25) is 5.91 Å². The van der Waals surface area contributed by atoms with Crippen LogP contribution in [-0.2, 0) is 4.79 Å². The number of carbonyl (C=O) groups excluding carboxylic acids is 1. The monoisotopic (exact) mass is 360 g/mol. The molecule has 2 aromatic rings. The zero-order valence-corrected chi connectivity index (χ0v) is 16.3. The van der Waals surface area contributed by atoms with Crippen LogP contribution in [0.15, 0.2) is 18.5 Å². The molecule has 1 aromatic carbocycles. The van der Waals surface area contributed by atoms with Gasteiger partial charge < -0.3 is 19.3 Å². The Kier molecular flexibility index (Phi) is 7.00. The zero-order valence-electron chi connectivity index (χ0n) is 16.3. The van der Waals surface area contributed by atoms with E-state index < -0.39 is 0 Å². The number of rotatable bonds is 4.